The van der Waals surface area contributed by atoms with Gasteiger partial charge in [0.15, 0.2) is 0 Å². The van der Waals surface area contributed by atoms with E-state index in [4.69, 9.17) is 5.11 Å². The summed E-state index contributed by atoms with van der Waals surface area (Å²) >= 11 is 0. The molecule has 0 saturated heterocycles. The first kappa shape index (κ1) is 21.6. The van der Waals surface area contributed by atoms with Gasteiger partial charge in [0.05, 0.1) is 6.61 Å². The van der Waals surface area contributed by atoms with Gasteiger partial charge in [0.1, 0.15) is 6.67 Å². The summed E-state index contributed by atoms with van der Waals surface area (Å²) in [6.45, 7) is 11.8. The van der Waals surface area contributed by atoms with E-state index in [1.807, 2.05) is 11.1 Å². The average Bonchev–Trinajstić information content (AvgIpc) is 2.86. The zero-order valence-corrected chi connectivity index (χ0v) is 16.5. The summed E-state index contributed by atoms with van der Waals surface area (Å²) in [5, 5.41) is 9.06. The van der Waals surface area contributed by atoms with Crippen molar-refractivity contribution in [3.8, 4) is 0 Å². The molecule has 1 aliphatic rings. The van der Waals surface area contributed by atoms with Crippen LogP contribution >= 0.6 is 0 Å². The van der Waals surface area contributed by atoms with Crippen LogP contribution in [0.2, 0.25) is 0 Å². The van der Waals surface area contributed by atoms with Gasteiger partial charge in [-0.1, -0.05) is 45.9 Å². The SMILES string of the molecule is CC(C)c1cccc(C(C)C)c1N1[CH]N(CCO)C=C1.[Au+].[Cl-].[HH]. The van der Waals surface area contributed by atoms with Gasteiger partial charge in [-0.15, -0.1) is 0 Å². The number of aliphatic hydroxyl groups excluding tert-OH is 1. The van der Waals surface area contributed by atoms with E-state index in [1.165, 1.54) is 16.8 Å². The van der Waals surface area contributed by atoms with Crippen LogP contribution in [-0.2, 0) is 22.4 Å². The summed E-state index contributed by atoms with van der Waals surface area (Å²) in [6, 6.07) is 6.57. The van der Waals surface area contributed by atoms with E-state index < -0.39 is 0 Å². The molecule has 129 valence electrons. The van der Waals surface area contributed by atoms with Gasteiger partial charge in [0, 0.05) is 26.1 Å². The number of halogens is 1. The molecule has 1 aliphatic heterocycles. The van der Waals surface area contributed by atoms with E-state index in [0.29, 0.717) is 18.4 Å². The van der Waals surface area contributed by atoms with E-state index in [9.17, 15) is 0 Å². The number of benzene rings is 1. The average molecular weight is 508 g/mol. The fourth-order valence-corrected chi connectivity index (χ4v) is 2.58. The maximum atomic E-state index is 9.06. The molecule has 2 rings (SSSR count). The zero-order chi connectivity index (χ0) is 14.7. The molecule has 1 heterocycles. The third kappa shape index (κ3) is 4.77. The molecule has 22 heavy (non-hydrogen) atoms. The fourth-order valence-electron chi connectivity index (χ4n) is 2.58. The Kier molecular flexibility index (Phi) is 9.44. The Morgan fingerprint density at radius 1 is 1.05 bits per heavy atom. The van der Waals surface area contributed by atoms with Crippen molar-refractivity contribution < 1.29 is 41.3 Å². The molecule has 0 atom stereocenters. The summed E-state index contributed by atoms with van der Waals surface area (Å²) in [6.07, 6.45) is 4.08. The number of β-amino-alcohol motifs (C(OH)–C–C–N with tert-alkyl or cyclic N) is 1. The van der Waals surface area contributed by atoms with Crippen LogP contribution in [0.5, 0.6) is 0 Å². The van der Waals surface area contributed by atoms with Crippen molar-refractivity contribution in [2.24, 2.45) is 0 Å². The predicted molar refractivity (Wildman–Crippen MR) is 86.4 cm³/mol. The molecule has 0 aromatic heterocycles. The second-order valence-electron chi connectivity index (χ2n) is 5.88. The summed E-state index contributed by atoms with van der Waals surface area (Å²) in [7, 11) is 0. The summed E-state index contributed by atoms with van der Waals surface area (Å²) < 4.78 is 0. The van der Waals surface area contributed by atoms with Gasteiger partial charge in [-0.3, -0.25) is 0 Å². The maximum Gasteiger partial charge on any atom is 1.00 e. The number of hydrogen-bond acceptors (Lipinski definition) is 3. The molecule has 0 amide bonds. The van der Waals surface area contributed by atoms with Crippen LogP contribution in [-0.4, -0.2) is 23.2 Å². The van der Waals surface area contributed by atoms with Crippen LogP contribution in [0.1, 0.15) is 52.1 Å². The molecule has 3 nitrogen and oxygen atoms in total. The molecule has 1 radical (unpaired) electrons. The van der Waals surface area contributed by atoms with Gasteiger partial charge in [-0.05, 0) is 23.0 Å². The van der Waals surface area contributed by atoms with E-state index >= 15 is 0 Å². The van der Waals surface area contributed by atoms with Crippen molar-refractivity contribution in [2.45, 2.75) is 39.5 Å². The predicted octanol–water partition coefficient (Wildman–Crippen LogP) is 0.886. The van der Waals surface area contributed by atoms with Gasteiger partial charge < -0.3 is 27.3 Å². The molecular weight excluding hydrogens is 481 g/mol. The zero-order valence-electron chi connectivity index (χ0n) is 13.6. The van der Waals surface area contributed by atoms with E-state index in [2.05, 4.69) is 63.7 Å². The molecule has 0 spiro atoms. The molecule has 0 aliphatic carbocycles. The number of para-hydroxylation sites is 1. The number of hydrogen-bond donors (Lipinski definition) is 1. The van der Waals surface area contributed by atoms with Crippen molar-refractivity contribution in [3.63, 3.8) is 0 Å². The Hall–Kier alpha value is -0.450. The molecule has 0 fully saturated rings. The third-order valence-corrected chi connectivity index (χ3v) is 3.65. The van der Waals surface area contributed by atoms with E-state index in [-0.39, 0.29) is 42.8 Å². The van der Waals surface area contributed by atoms with Gasteiger partial charge >= 0.3 is 22.4 Å². The van der Waals surface area contributed by atoms with Crippen molar-refractivity contribution in [1.29, 1.82) is 0 Å². The van der Waals surface area contributed by atoms with Crippen molar-refractivity contribution >= 4 is 5.69 Å². The topological polar surface area (TPSA) is 26.7 Å². The van der Waals surface area contributed by atoms with Gasteiger partial charge in [-0.25, -0.2) is 0 Å². The molecule has 1 aromatic carbocycles. The van der Waals surface area contributed by atoms with Crippen LogP contribution in [0.3, 0.4) is 0 Å². The van der Waals surface area contributed by atoms with E-state index in [1.54, 1.807) is 0 Å². The van der Waals surface area contributed by atoms with Gasteiger partial charge in [0.25, 0.3) is 0 Å². The second kappa shape index (κ2) is 9.64. The summed E-state index contributed by atoms with van der Waals surface area (Å²) in [5.74, 6) is 0.967. The fraction of sp³-hybridized carbons (Fsp3) is 0.471. The number of rotatable bonds is 5. The number of nitrogens with zero attached hydrogens (tertiary/aromatic N) is 2. The molecule has 0 unspecified atom stereocenters. The normalized spacial score (nSPS) is 13.6. The Bertz CT molecular complexity index is 471. The van der Waals surface area contributed by atoms with Gasteiger partial charge in [-0.2, -0.15) is 0 Å². The first-order valence-corrected chi connectivity index (χ1v) is 7.35. The van der Waals surface area contributed by atoms with Crippen LogP contribution < -0.4 is 17.3 Å². The Morgan fingerprint density at radius 2 is 1.59 bits per heavy atom. The smallest absolute Gasteiger partial charge is 1.00 e. The molecule has 1 N–H and O–H groups in total. The Morgan fingerprint density at radius 3 is 2.05 bits per heavy atom. The molecule has 0 bridgehead atoms. The minimum Gasteiger partial charge on any atom is -1.00 e. The molecule has 1 aromatic rings. The largest absolute Gasteiger partial charge is 1.00 e. The molecular formula is C17H27AuClN2O. The first-order chi connectivity index (χ1) is 9.54. The molecule has 5 heteroatoms. The standard InChI is InChI=1S/C17H25N2O.Au.ClH.H2/c1-13(2)15-6-5-7-16(14(3)4)17(15)19-9-8-18(12-19)10-11-20;;;/h5-9,12-14,20H,10-11H2,1-4H3;;2*1H/q;+1;;/p-1. The van der Waals surface area contributed by atoms with Crippen LogP contribution in [0.4, 0.5) is 5.69 Å². The number of aliphatic hydroxyl groups is 1. The Balaban J connectivity index is 0. The molecule has 0 saturated carbocycles. The Labute approximate surface area is 157 Å². The van der Waals surface area contributed by atoms with Crippen LogP contribution in [0, 0.1) is 6.67 Å². The minimum atomic E-state index is 0. The minimum absolute atomic E-state index is 0. The third-order valence-electron chi connectivity index (χ3n) is 3.65. The summed E-state index contributed by atoms with van der Waals surface area (Å²) in [4.78, 5) is 4.20. The van der Waals surface area contributed by atoms with Crippen molar-refractivity contribution in [1.82, 2.24) is 4.90 Å². The quantitative estimate of drug-likeness (QED) is 0.600. The van der Waals surface area contributed by atoms with Crippen molar-refractivity contribution in [3.05, 3.63) is 48.4 Å². The monoisotopic (exact) mass is 507 g/mol. The summed E-state index contributed by atoms with van der Waals surface area (Å²) in [5.41, 5.74) is 4.01. The first-order valence-electron chi connectivity index (χ1n) is 7.35. The van der Waals surface area contributed by atoms with Crippen molar-refractivity contribution in [2.75, 3.05) is 18.1 Å². The van der Waals surface area contributed by atoms with Gasteiger partial charge in [0.2, 0.25) is 0 Å². The number of anilines is 1. The van der Waals surface area contributed by atoms with Crippen LogP contribution in [0.15, 0.2) is 30.6 Å². The van der Waals surface area contributed by atoms with Crippen LogP contribution in [0.25, 0.3) is 0 Å². The second-order valence-corrected chi connectivity index (χ2v) is 5.88. The van der Waals surface area contributed by atoms with E-state index in [0.717, 1.165) is 0 Å². The maximum absolute atomic E-state index is 9.06.